The molecule has 2 aromatic rings. The Bertz CT molecular complexity index is 940. The number of anilines is 1. The molecule has 1 atom stereocenters. The first-order valence-electron chi connectivity index (χ1n) is 8.98. The minimum atomic E-state index is -2.01. The summed E-state index contributed by atoms with van der Waals surface area (Å²) in [5.41, 5.74) is 1.21. The molecule has 0 aliphatic carbocycles. The molecule has 0 radical (unpaired) electrons. The summed E-state index contributed by atoms with van der Waals surface area (Å²) in [6.07, 6.45) is 7.37. The number of nitro benzene ring substituents is 1. The van der Waals surface area contributed by atoms with E-state index in [0.29, 0.717) is 11.2 Å². The van der Waals surface area contributed by atoms with Crippen LogP contribution in [0.1, 0.15) is 27.7 Å². The molecule has 1 aliphatic rings. The Morgan fingerprint density at radius 2 is 2.04 bits per heavy atom. The van der Waals surface area contributed by atoms with Gasteiger partial charge >= 0.3 is 0 Å². The van der Waals surface area contributed by atoms with E-state index in [9.17, 15) is 10.1 Å². The second kappa shape index (κ2) is 6.52. The van der Waals surface area contributed by atoms with Crippen molar-refractivity contribution in [3.8, 4) is 0 Å². The summed E-state index contributed by atoms with van der Waals surface area (Å²) in [7, 11) is -2.01. The predicted octanol–water partition coefficient (Wildman–Crippen LogP) is 5.10. The van der Waals surface area contributed by atoms with Crippen LogP contribution in [-0.2, 0) is 4.43 Å². The predicted molar refractivity (Wildman–Crippen MR) is 110 cm³/mol. The van der Waals surface area contributed by atoms with Gasteiger partial charge in [0.15, 0.2) is 0 Å². The molecule has 3 rings (SSSR count). The van der Waals surface area contributed by atoms with Crippen LogP contribution in [0.3, 0.4) is 0 Å². The monoisotopic (exact) mass is 386 g/mol. The Hall–Kier alpha value is -2.61. The number of hydrogen-bond donors (Lipinski definition) is 1. The fourth-order valence-electron chi connectivity index (χ4n) is 2.81. The van der Waals surface area contributed by atoms with E-state index in [2.05, 4.69) is 44.1 Å². The summed E-state index contributed by atoms with van der Waals surface area (Å²) in [5, 5.41) is 19.3. The van der Waals surface area contributed by atoms with E-state index in [0.717, 1.165) is 11.1 Å². The van der Waals surface area contributed by atoms with Crippen molar-refractivity contribution in [3.05, 3.63) is 52.6 Å². The third-order valence-corrected chi connectivity index (χ3v) is 9.88. The van der Waals surface area contributed by atoms with E-state index < -0.39 is 8.32 Å². The van der Waals surface area contributed by atoms with E-state index in [-0.39, 0.29) is 21.7 Å². The van der Waals surface area contributed by atoms with Gasteiger partial charge in [0, 0.05) is 17.7 Å². The molecular weight excluding hydrogens is 360 g/mol. The minimum Gasteiger partial charge on any atom is -0.545 e. The lowest BCUT2D eigenvalue weighted by molar-refractivity contribution is -0.384. The molecule has 1 N–H and O–H groups in total. The third kappa shape index (κ3) is 3.49. The number of aromatic nitrogens is 2. The Morgan fingerprint density at radius 3 is 2.67 bits per heavy atom. The molecular formula is C19H26N4O3Si. The lowest BCUT2D eigenvalue weighted by Crippen LogP contribution is -2.44. The van der Waals surface area contributed by atoms with Crippen LogP contribution in [0.15, 0.2) is 42.4 Å². The molecule has 0 fully saturated rings. The number of H-pyrrole nitrogens is 1. The number of benzene rings is 1. The van der Waals surface area contributed by atoms with Crippen molar-refractivity contribution >= 4 is 30.6 Å². The molecule has 0 saturated carbocycles. The molecule has 0 spiro atoms. The molecule has 1 aliphatic heterocycles. The fourth-order valence-corrected chi connectivity index (χ4v) is 3.95. The lowest BCUT2D eigenvalue weighted by atomic mass is 10.1. The zero-order valence-electron chi connectivity index (χ0n) is 16.6. The molecule has 0 saturated heterocycles. The van der Waals surface area contributed by atoms with Crippen LogP contribution in [0.25, 0.3) is 10.9 Å². The van der Waals surface area contributed by atoms with Crippen LogP contribution in [-0.4, -0.2) is 29.5 Å². The van der Waals surface area contributed by atoms with E-state index in [1.165, 1.54) is 6.07 Å². The molecule has 0 unspecified atom stereocenters. The maximum Gasteiger partial charge on any atom is 0.295 e. The number of nitrogens with zero attached hydrogens (tertiary/aromatic N) is 3. The van der Waals surface area contributed by atoms with Gasteiger partial charge in [0.25, 0.3) is 5.69 Å². The number of rotatable bonds is 4. The minimum absolute atomic E-state index is 0.0387. The Labute approximate surface area is 160 Å². The van der Waals surface area contributed by atoms with Crippen LogP contribution >= 0.6 is 0 Å². The van der Waals surface area contributed by atoms with Crippen molar-refractivity contribution in [3.63, 3.8) is 0 Å². The summed E-state index contributed by atoms with van der Waals surface area (Å²) >= 11 is 0. The Balaban J connectivity index is 1.99. The van der Waals surface area contributed by atoms with Crippen molar-refractivity contribution in [2.75, 3.05) is 4.90 Å². The average molecular weight is 387 g/mol. The highest BCUT2D eigenvalue weighted by Gasteiger charge is 2.41. The molecule has 144 valence electrons. The van der Waals surface area contributed by atoms with Gasteiger partial charge in [0.2, 0.25) is 8.32 Å². The first-order chi connectivity index (χ1) is 12.5. The van der Waals surface area contributed by atoms with E-state index >= 15 is 0 Å². The summed E-state index contributed by atoms with van der Waals surface area (Å²) < 4.78 is 6.50. The number of hydrogen-bond acceptors (Lipinski definition) is 5. The van der Waals surface area contributed by atoms with Gasteiger partial charge in [-0.25, -0.2) is 0 Å². The maximum atomic E-state index is 11.7. The highest BCUT2D eigenvalue weighted by molar-refractivity contribution is 6.74. The van der Waals surface area contributed by atoms with E-state index in [1.54, 1.807) is 12.3 Å². The average Bonchev–Trinajstić information content (AvgIpc) is 3.01. The van der Waals surface area contributed by atoms with Gasteiger partial charge < -0.3 is 9.33 Å². The lowest BCUT2D eigenvalue weighted by Gasteiger charge is -2.41. The van der Waals surface area contributed by atoms with Crippen LogP contribution in [0.2, 0.25) is 18.1 Å². The molecule has 0 bridgehead atoms. The van der Waals surface area contributed by atoms with Crippen LogP contribution in [0, 0.1) is 10.1 Å². The first-order valence-corrected chi connectivity index (χ1v) is 11.9. The van der Waals surface area contributed by atoms with Crippen molar-refractivity contribution < 1.29 is 9.35 Å². The zero-order valence-corrected chi connectivity index (χ0v) is 17.6. The van der Waals surface area contributed by atoms with Gasteiger partial charge in [-0.05, 0) is 43.3 Å². The molecule has 8 heteroatoms. The normalized spacial score (nSPS) is 17.9. The molecule has 27 heavy (non-hydrogen) atoms. The molecule has 1 aromatic carbocycles. The van der Waals surface area contributed by atoms with Gasteiger partial charge in [-0.1, -0.05) is 20.8 Å². The summed E-state index contributed by atoms with van der Waals surface area (Å²) in [4.78, 5) is 13.2. The third-order valence-electron chi connectivity index (χ3n) is 5.53. The number of fused-ring (bicyclic) bond motifs is 1. The number of allylic oxidation sites excluding steroid dienone is 2. The largest absolute Gasteiger partial charge is 0.545 e. The van der Waals surface area contributed by atoms with Gasteiger partial charge in [0.1, 0.15) is 11.4 Å². The SMILES string of the molecule is C[C@H]1C(O[Si](C)(C)C(C)(C)C)=CC=CN1c1cc2cn[nH]c2cc1[N+](=O)[O-]. The number of nitro groups is 1. The summed E-state index contributed by atoms with van der Waals surface area (Å²) in [6, 6.07) is 3.19. The highest BCUT2D eigenvalue weighted by atomic mass is 28.4. The summed E-state index contributed by atoms with van der Waals surface area (Å²) in [5.74, 6) is 0.839. The Kier molecular flexibility index (Phi) is 4.63. The summed E-state index contributed by atoms with van der Waals surface area (Å²) in [6.45, 7) is 13.0. The smallest absolute Gasteiger partial charge is 0.295 e. The van der Waals surface area contributed by atoms with E-state index in [4.69, 9.17) is 4.43 Å². The van der Waals surface area contributed by atoms with Gasteiger partial charge in [0.05, 0.1) is 22.7 Å². The van der Waals surface area contributed by atoms with Crippen molar-refractivity contribution in [2.24, 2.45) is 0 Å². The van der Waals surface area contributed by atoms with Crippen LogP contribution in [0.5, 0.6) is 0 Å². The molecule has 2 heterocycles. The van der Waals surface area contributed by atoms with Crippen molar-refractivity contribution in [1.29, 1.82) is 0 Å². The van der Waals surface area contributed by atoms with Crippen LogP contribution in [0.4, 0.5) is 11.4 Å². The second-order valence-electron chi connectivity index (χ2n) is 8.41. The molecule has 1 aromatic heterocycles. The maximum absolute atomic E-state index is 11.7. The molecule has 7 nitrogen and oxygen atoms in total. The van der Waals surface area contributed by atoms with Gasteiger partial charge in [-0.3, -0.25) is 15.2 Å². The topological polar surface area (TPSA) is 84.3 Å². The number of aromatic amines is 1. The second-order valence-corrected chi connectivity index (χ2v) is 13.1. The highest BCUT2D eigenvalue weighted by Crippen LogP contribution is 2.41. The van der Waals surface area contributed by atoms with Crippen molar-refractivity contribution in [1.82, 2.24) is 10.2 Å². The molecule has 0 amide bonds. The van der Waals surface area contributed by atoms with Gasteiger partial charge in [-0.2, -0.15) is 5.10 Å². The fraction of sp³-hybridized carbons (Fsp3) is 0.421. The van der Waals surface area contributed by atoms with Crippen LogP contribution < -0.4 is 4.90 Å². The zero-order chi connectivity index (χ0) is 20.0. The number of nitrogens with one attached hydrogen (secondary N) is 1. The van der Waals surface area contributed by atoms with Gasteiger partial charge in [-0.15, -0.1) is 0 Å². The standard InChI is InChI=1S/C19H26N4O3Si/c1-13-18(26-27(5,6)19(2,3)4)8-7-9-22(13)16-10-14-12-20-21-15(14)11-17(16)23(24)25/h7-13H,1-6H3,(H,20,21)/t13-/m0/s1. The Morgan fingerprint density at radius 1 is 1.33 bits per heavy atom. The van der Waals surface area contributed by atoms with Crippen molar-refractivity contribution in [2.45, 2.75) is 51.9 Å². The first kappa shape index (κ1) is 19.2. The quantitative estimate of drug-likeness (QED) is 0.449. The van der Waals surface area contributed by atoms with E-state index in [1.807, 2.05) is 30.2 Å².